The molecule has 1 aromatic heterocycles. The second kappa shape index (κ2) is 6.27. The van der Waals surface area contributed by atoms with E-state index in [4.69, 9.17) is 17.3 Å². The Morgan fingerprint density at radius 1 is 1.40 bits per heavy atom. The molecule has 2 rings (SSSR count). The highest BCUT2D eigenvalue weighted by molar-refractivity contribution is 6.32. The van der Waals surface area contributed by atoms with Crippen molar-refractivity contribution in [1.29, 1.82) is 0 Å². The summed E-state index contributed by atoms with van der Waals surface area (Å²) in [5, 5.41) is 5.00. The first kappa shape index (κ1) is 15.5. The van der Waals surface area contributed by atoms with E-state index in [0.717, 1.165) is 43.6 Å². The molecule has 0 aliphatic heterocycles. The summed E-state index contributed by atoms with van der Waals surface area (Å²) < 4.78 is 1.84. The third-order valence-corrected chi connectivity index (χ3v) is 5.07. The normalized spacial score (nSPS) is 18.2. The topological polar surface area (TPSA) is 60.9 Å². The maximum absolute atomic E-state index is 12.8. The minimum atomic E-state index is -0.335. The van der Waals surface area contributed by atoms with Gasteiger partial charge in [-0.15, -0.1) is 0 Å². The van der Waals surface area contributed by atoms with E-state index in [9.17, 15) is 4.79 Å². The molecule has 0 amide bonds. The van der Waals surface area contributed by atoms with Gasteiger partial charge >= 0.3 is 0 Å². The van der Waals surface area contributed by atoms with Gasteiger partial charge < -0.3 is 5.73 Å². The second-order valence-corrected chi connectivity index (χ2v) is 6.18. The van der Waals surface area contributed by atoms with Crippen LogP contribution in [0.3, 0.4) is 0 Å². The Morgan fingerprint density at radius 2 is 2.05 bits per heavy atom. The zero-order valence-electron chi connectivity index (χ0n) is 12.4. The van der Waals surface area contributed by atoms with Gasteiger partial charge in [-0.1, -0.05) is 30.9 Å². The van der Waals surface area contributed by atoms with Crippen molar-refractivity contribution in [1.82, 2.24) is 9.78 Å². The van der Waals surface area contributed by atoms with E-state index >= 15 is 0 Å². The molecule has 4 nitrogen and oxygen atoms in total. The average Bonchev–Trinajstić information content (AvgIpc) is 2.75. The molecule has 0 radical (unpaired) electrons. The first-order chi connectivity index (χ1) is 9.54. The molecule has 0 spiro atoms. The number of hydrogen-bond acceptors (Lipinski definition) is 3. The largest absolute Gasteiger partial charge is 0.329 e. The monoisotopic (exact) mass is 297 g/mol. The van der Waals surface area contributed by atoms with Crippen LogP contribution in [-0.4, -0.2) is 22.1 Å². The minimum absolute atomic E-state index is 0.233. The van der Waals surface area contributed by atoms with Crippen LogP contribution in [0.2, 0.25) is 5.02 Å². The Kier molecular flexibility index (Phi) is 4.86. The van der Waals surface area contributed by atoms with E-state index in [1.54, 1.807) is 0 Å². The number of carbonyl (C=O) groups is 1. The molecule has 0 unspecified atom stereocenters. The summed E-state index contributed by atoms with van der Waals surface area (Å²) in [6, 6.07) is 0. The molecule has 0 saturated heterocycles. The lowest BCUT2D eigenvalue weighted by Crippen LogP contribution is -2.41. The third-order valence-electron chi connectivity index (χ3n) is 4.57. The molecular formula is C15H24ClN3O. The third kappa shape index (κ3) is 2.77. The molecule has 1 fully saturated rings. The minimum Gasteiger partial charge on any atom is -0.329 e. The van der Waals surface area contributed by atoms with Gasteiger partial charge in [-0.25, -0.2) is 0 Å². The van der Waals surface area contributed by atoms with Crippen LogP contribution >= 0.6 is 11.6 Å². The summed E-state index contributed by atoms with van der Waals surface area (Å²) in [7, 11) is 0. The number of ketones is 1. The molecule has 2 N–H and O–H groups in total. The Labute approximate surface area is 125 Å². The summed E-state index contributed by atoms with van der Waals surface area (Å²) in [4.78, 5) is 12.8. The lowest BCUT2D eigenvalue weighted by molar-refractivity contribution is -0.129. The van der Waals surface area contributed by atoms with E-state index in [2.05, 4.69) is 5.10 Å². The molecule has 0 aromatic carbocycles. The van der Waals surface area contributed by atoms with Crippen molar-refractivity contribution in [3.8, 4) is 0 Å². The number of Topliss-reactive ketones (excluding diaryl/α,β-unsaturated/α-hetero) is 1. The van der Waals surface area contributed by atoms with Gasteiger partial charge in [0.25, 0.3) is 0 Å². The maximum atomic E-state index is 12.8. The van der Waals surface area contributed by atoms with E-state index in [1.807, 2.05) is 18.5 Å². The van der Waals surface area contributed by atoms with Crippen LogP contribution in [0.25, 0.3) is 0 Å². The molecule has 5 heteroatoms. The quantitative estimate of drug-likeness (QED) is 0.909. The second-order valence-electron chi connectivity index (χ2n) is 5.81. The predicted octanol–water partition coefficient (Wildman–Crippen LogP) is 2.89. The van der Waals surface area contributed by atoms with Crippen molar-refractivity contribution in [2.45, 2.75) is 58.9 Å². The maximum Gasteiger partial charge on any atom is 0.146 e. The summed E-state index contributed by atoms with van der Waals surface area (Å²) in [6.45, 7) is 5.06. The lowest BCUT2D eigenvalue weighted by Gasteiger charge is -2.34. The van der Waals surface area contributed by atoms with E-state index in [0.29, 0.717) is 18.0 Å². The van der Waals surface area contributed by atoms with Crippen molar-refractivity contribution in [3.05, 3.63) is 16.4 Å². The van der Waals surface area contributed by atoms with Gasteiger partial charge in [-0.05, 0) is 26.7 Å². The first-order valence-corrected chi connectivity index (χ1v) is 7.87. The van der Waals surface area contributed by atoms with Crippen LogP contribution in [0.1, 0.15) is 50.4 Å². The van der Waals surface area contributed by atoms with Gasteiger partial charge in [0.1, 0.15) is 5.78 Å². The predicted molar refractivity (Wildman–Crippen MR) is 80.9 cm³/mol. The number of aromatic nitrogens is 2. The van der Waals surface area contributed by atoms with Crippen molar-refractivity contribution in [3.63, 3.8) is 0 Å². The van der Waals surface area contributed by atoms with Gasteiger partial charge in [-0.2, -0.15) is 5.10 Å². The highest BCUT2D eigenvalue weighted by Crippen LogP contribution is 2.37. The zero-order chi connectivity index (χ0) is 14.8. The van der Waals surface area contributed by atoms with Crippen LogP contribution in [0.15, 0.2) is 0 Å². The van der Waals surface area contributed by atoms with Crippen molar-refractivity contribution < 1.29 is 4.79 Å². The van der Waals surface area contributed by atoms with Crippen LogP contribution in [0, 0.1) is 12.3 Å². The molecule has 1 heterocycles. The number of carbonyl (C=O) groups excluding carboxylic acids is 1. The molecule has 1 aliphatic carbocycles. The number of nitrogens with zero attached hydrogens (tertiary/aromatic N) is 2. The number of aryl methyl sites for hydroxylation is 2. The number of halogens is 1. The summed E-state index contributed by atoms with van der Waals surface area (Å²) in [6.07, 6.45) is 5.59. The Bertz CT molecular complexity index is 490. The highest BCUT2D eigenvalue weighted by atomic mass is 35.5. The summed E-state index contributed by atoms with van der Waals surface area (Å²) >= 11 is 6.30. The molecule has 20 heavy (non-hydrogen) atoms. The van der Waals surface area contributed by atoms with Gasteiger partial charge in [0, 0.05) is 18.5 Å². The molecule has 0 bridgehead atoms. The molecule has 1 aromatic rings. The van der Waals surface area contributed by atoms with Gasteiger partial charge in [0.2, 0.25) is 0 Å². The fourth-order valence-electron chi connectivity index (χ4n) is 3.20. The fourth-order valence-corrected chi connectivity index (χ4v) is 3.40. The van der Waals surface area contributed by atoms with Crippen LogP contribution < -0.4 is 5.73 Å². The Balaban J connectivity index is 2.22. The number of nitrogens with two attached hydrogens (primary N) is 1. The summed E-state index contributed by atoms with van der Waals surface area (Å²) in [5.74, 6) is 0.233. The zero-order valence-corrected chi connectivity index (χ0v) is 13.2. The molecule has 1 aliphatic rings. The molecule has 0 atom stereocenters. The van der Waals surface area contributed by atoms with Crippen molar-refractivity contribution in [2.24, 2.45) is 11.1 Å². The number of rotatable bonds is 5. The van der Waals surface area contributed by atoms with Gasteiger partial charge in [0.05, 0.1) is 22.8 Å². The smallest absolute Gasteiger partial charge is 0.146 e. The van der Waals surface area contributed by atoms with Gasteiger partial charge in [0.15, 0.2) is 0 Å². The highest BCUT2D eigenvalue weighted by Gasteiger charge is 2.38. The summed E-state index contributed by atoms with van der Waals surface area (Å²) in [5.41, 5.74) is 7.23. The van der Waals surface area contributed by atoms with Crippen LogP contribution in [0.4, 0.5) is 0 Å². The van der Waals surface area contributed by atoms with Crippen molar-refractivity contribution >= 4 is 17.4 Å². The first-order valence-electron chi connectivity index (χ1n) is 7.49. The van der Waals surface area contributed by atoms with Crippen LogP contribution in [0.5, 0.6) is 0 Å². The van der Waals surface area contributed by atoms with Gasteiger partial charge in [-0.3, -0.25) is 9.48 Å². The standard InChI is InChI=1S/C15H24ClN3O/c1-3-19-12(14(16)11(2)18-19)9-13(20)15(10-17)7-5-4-6-8-15/h3-10,17H2,1-2H3. The lowest BCUT2D eigenvalue weighted by atomic mass is 9.70. The molecule has 1 saturated carbocycles. The molecule has 112 valence electrons. The van der Waals surface area contributed by atoms with E-state index in [1.165, 1.54) is 6.42 Å². The van der Waals surface area contributed by atoms with E-state index < -0.39 is 0 Å². The van der Waals surface area contributed by atoms with Crippen LogP contribution in [-0.2, 0) is 17.8 Å². The SMILES string of the molecule is CCn1nc(C)c(Cl)c1CC(=O)C1(CN)CCCCC1. The molecular weight excluding hydrogens is 274 g/mol. The fraction of sp³-hybridized carbons (Fsp3) is 0.733. The number of hydrogen-bond donors (Lipinski definition) is 1. The Hall–Kier alpha value is -0.870. The van der Waals surface area contributed by atoms with E-state index in [-0.39, 0.29) is 11.2 Å². The van der Waals surface area contributed by atoms with Crippen molar-refractivity contribution in [2.75, 3.05) is 6.54 Å². The Morgan fingerprint density at radius 3 is 2.60 bits per heavy atom. The average molecular weight is 298 g/mol.